The zero-order valence-corrected chi connectivity index (χ0v) is 10.6. The van der Waals surface area contributed by atoms with Gasteiger partial charge in [-0.1, -0.05) is 11.6 Å². The number of hydrogen-bond donors (Lipinski definition) is 0. The van der Waals surface area contributed by atoms with Crippen molar-refractivity contribution in [3.8, 4) is 0 Å². The van der Waals surface area contributed by atoms with E-state index in [0.717, 1.165) is 0 Å². The van der Waals surface area contributed by atoms with Gasteiger partial charge in [0.2, 0.25) is 5.78 Å². The second-order valence-electron chi connectivity index (χ2n) is 3.74. The second kappa shape index (κ2) is 4.84. The Hall–Kier alpha value is -0.420. The van der Waals surface area contributed by atoms with Gasteiger partial charge in [0.05, 0.1) is 9.21 Å². The lowest BCUT2D eigenvalue weighted by atomic mass is 9.88. The first-order chi connectivity index (χ1) is 7.68. The summed E-state index contributed by atoms with van der Waals surface area (Å²) in [7, 11) is 1.58. The van der Waals surface area contributed by atoms with Gasteiger partial charge in [0.1, 0.15) is 5.60 Å². The smallest absolute Gasteiger partial charge is 0.204 e. The summed E-state index contributed by atoms with van der Waals surface area (Å²) in [5, 5.41) is 0. The molecule has 0 amide bonds. The summed E-state index contributed by atoms with van der Waals surface area (Å²) >= 11 is 7.13. The topological polar surface area (TPSA) is 35.5 Å². The van der Waals surface area contributed by atoms with Gasteiger partial charge >= 0.3 is 0 Å². The molecule has 1 aliphatic heterocycles. The summed E-state index contributed by atoms with van der Waals surface area (Å²) < 4.78 is 11.3. The van der Waals surface area contributed by atoms with Crippen LogP contribution in [0, 0.1) is 0 Å². The van der Waals surface area contributed by atoms with Gasteiger partial charge in [0.15, 0.2) is 0 Å². The molecule has 1 saturated heterocycles. The minimum absolute atomic E-state index is 0.0233. The van der Waals surface area contributed by atoms with Crippen LogP contribution in [0.3, 0.4) is 0 Å². The molecule has 3 nitrogen and oxygen atoms in total. The maximum atomic E-state index is 12.3. The van der Waals surface area contributed by atoms with Gasteiger partial charge in [0, 0.05) is 33.2 Å². The Morgan fingerprint density at radius 2 is 2.19 bits per heavy atom. The molecular weight excluding hydrogens is 248 g/mol. The largest absolute Gasteiger partial charge is 0.381 e. The third-order valence-electron chi connectivity index (χ3n) is 2.90. The number of ketones is 1. The maximum absolute atomic E-state index is 12.3. The Bertz CT molecular complexity index is 382. The standard InChI is InChI=1S/C11H13ClO3S/c1-14-11(4-6-15-7-5-11)10(13)8-2-3-9(12)16-8/h2-3H,4-7H2,1H3. The van der Waals surface area contributed by atoms with Crippen LogP contribution in [-0.2, 0) is 9.47 Å². The number of carbonyl (C=O) groups excluding carboxylic acids is 1. The molecule has 1 aliphatic rings. The van der Waals surface area contributed by atoms with Crippen LogP contribution in [0.2, 0.25) is 4.34 Å². The number of halogens is 1. The van der Waals surface area contributed by atoms with E-state index in [1.807, 2.05) is 0 Å². The van der Waals surface area contributed by atoms with E-state index in [0.29, 0.717) is 35.3 Å². The first kappa shape index (κ1) is 12.0. The van der Waals surface area contributed by atoms with Crippen molar-refractivity contribution in [2.75, 3.05) is 20.3 Å². The van der Waals surface area contributed by atoms with Crippen LogP contribution in [0.1, 0.15) is 22.5 Å². The first-order valence-electron chi connectivity index (χ1n) is 5.11. The molecule has 0 radical (unpaired) electrons. The molecule has 0 aliphatic carbocycles. The molecule has 1 aromatic rings. The number of hydrogen-bond acceptors (Lipinski definition) is 4. The molecule has 1 fully saturated rings. The summed E-state index contributed by atoms with van der Waals surface area (Å²) in [6.07, 6.45) is 1.22. The van der Waals surface area contributed by atoms with Crippen LogP contribution in [0.4, 0.5) is 0 Å². The van der Waals surface area contributed by atoms with Crippen molar-refractivity contribution in [2.45, 2.75) is 18.4 Å². The molecule has 0 atom stereocenters. The summed E-state index contributed by atoms with van der Waals surface area (Å²) in [6.45, 7) is 1.14. The minimum Gasteiger partial charge on any atom is -0.381 e. The molecule has 1 aromatic heterocycles. The third kappa shape index (κ3) is 2.15. The van der Waals surface area contributed by atoms with E-state index < -0.39 is 5.60 Å². The number of Topliss-reactive ketones (excluding diaryl/α,β-unsaturated/α-hetero) is 1. The lowest BCUT2D eigenvalue weighted by Crippen LogP contribution is -2.45. The molecule has 5 heteroatoms. The van der Waals surface area contributed by atoms with Crippen molar-refractivity contribution in [2.24, 2.45) is 0 Å². The van der Waals surface area contributed by atoms with Crippen LogP contribution < -0.4 is 0 Å². The van der Waals surface area contributed by atoms with Gasteiger partial charge in [-0.05, 0) is 12.1 Å². The summed E-state index contributed by atoms with van der Waals surface area (Å²) in [4.78, 5) is 13.0. The predicted octanol–water partition coefficient (Wildman–Crippen LogP) is 2.78. The molecular formula is C11H13ClO3S. The average molecular weight is 261 g/mol. The van der Waals surface area contributed by atoms with Gasteiger partial charge < -0.3 is 9.47 Å². The second-order valence-corrected chi connectivity index (χ2v) is 5.46. The lowest BCUT2D eigenvalue weighted by Gasteiger charge is -2.33. The van der Waals surface area contributed by atoms with Crippen molar-refractivity contribution in [1.82, 2.24) is 0 Å². The minimum atomic E-state index is -0.716. The molecule has 0 unspecified atom stereocenters. The maximum Gasteiger partial charge on any atom is 0.204 e. The highest BCUT2D eigenvalue weighted by Gasteiger charge is 2.41. The van der Waals surface area contributed by atoms with E-state index in [1.165, 1.54) is 11.3 Å². The molecule has 2 heterocycles. The zero-order chi connectivity index (χ0) is 11.6. The molecule has 0 saturated carbocycles. The Balaban J connectivity index is 2.24. The number of thiophene rings is 1. The van der Waals surface area contributed by atoms with E-state index in [-0.39, 0.29) is 5.78 Å². The highest BCUT2D eigenvalue weighted by Crippen LogP contribution is 2.32. The van der Waals surface area contributed by atoms with E-state index in [2.05, 4.69) is 0 Å². The summed E-state index contributed by atoms with van der Waals surface area (Å²) in [5.41, 5.74) is -0.716. The predicted molar refractivity (Wildman–Crippen MR) is 63.5 cm³/mol. The van der Waals surface area contributed by atoms with Crippen LogP contribution in [-0.4, -0.2) is 31.7 Å². The lowest BCUT2D eigenvalue weighted by molar-refractivity contribution is -0.0661. The van der Waals surface area contributed by atoms with Gasteiger partial charge in [-0.2, -0.15) is 0 Å². The van der Waals surface area contributed by atoms with E-state index in [9.17, 15) is 4.79 Å². The summed E-state index contributed by atoms with van der Waals surface area (Å²) in [6, 6.07) is 3.49. The molecule has 0 aromatic carbocycles. The first-order valence-corrected chi connectivity index (χ1v) is 6.30. The van der Waals surface area contributed by atoms with Crippen molar-refractivity contribution >= 4 is 28.7 Å². The fraction of sp³-hybridized carbons (Fsp3) is 0.545. The molecule has 88 valence electrons. The SMILES string of the molecule is COC1(C(=O)c2ccc(Cl)s2)CCOCC1. The average Bonchev–Trinajstić information content (AvgIpc) is 2.76. The number of rotatable bonds is 3. The van der Waals surface area contributed by atoms with Gasteiger partial charge in [-0.3, -0.25) is 4.79 Å². The van der Waals surface area contributed by atoms with Crippen molar-refractivity contribution in [1.29, 1.82) is 0 Å². The van der Waals surface area contributed by atoms with Crippen molar-refractivity contribution < 1.29 is 14.3 Å². The quantitative estimate of drug-likeness (QED) is 0.784. The zero-order valence-electron chi connectivity index (χ0n) is 8.99. The molecule has 2 rings (SSSR count). The van der Waals surface area contributed by atoms with E-state index >= 15 is 0 Å². The van der Waals surface area contributed by atoms with Crippen molar-refractivity contribution in [3.63, 3.8) is 0 Å². The fourth-order valence-electron chi connectivity index (χ4n) is 1.89. The normalized spacial score (nSPS) is 19.6. The third-order valence-corrected chi connectivity index (χ3v) is 4.13. The van der Waals surface area contributed by atoms with Gasteiger partial charge in [-0.15, -0.1) is 11.3 Å². The monoisotopic (exact) mass is 260 g/mol. The number of carbonyl (C=O) groups is 1. The van der Waals surface area contributed by atoms with Gasteiger partial charge in [-0.25, -0.2) is 0 Å². The van der Waals surface area contributed by atoms with E-state index in [4.69, 9.17) is 21.1 Å². The highest BCUT2D eigenvalue weighted by atomic mass is 35.5. The van der Waals surface area contributed by atoms with Crippen LogP contribution >= 0.6 is 22.9 Å². The van der Waals surface area contributed by atoms with Crippen LogP contribution in [0.5, 0.6) is 0 Å². The van der Waals surface area contributed by atoms with Crippen molar-refractivity contribution in [3.05, 3.63) is 21.3 Å². The molecule has 0 spiro atoms. The fourth-order valence-corrected chi connectivity index (χ4v) is 2.96. The van der Waals surface area contributed by atoms with Gasteiger partial charge in [0.25, 0.3) is 0 Å². The van der Waals surface area contributed by atoms with Crippen LogP contribution in [0.15, 0.2) is 12.1 Å². The Kier molecular flexibility index (Phi) is 3.64. The Morgan fingerprint density at radius 1 is 1.50 bits per heavy atom. The Morgan fingerprint density at radius 3 is 2.69 bits per heavy atom. The van der Waals surface area contributed by atoms with Crippen LogP contribution in [0.25, 0.3) is 0 Å². The number of methoxy groups -OCH3 is 1. The molecule has 0 N–H and O–H groups in total. The molecule has 0 bridgehead atoms. The Labute approximate surface area is 103 Å². The van der Waals surface area contributed by atoms with E-state index in [1.54, 1.807) is 19.2 Å². The summed E-state index contributed by atoms with van der Waals surface area (Å²) in [5.74, 6) is 0.0233. The highest BCUT2D eigenvalue weighted by molar-refractivity contribution is 7.18. The molecule has 16 heavy (non-hydrogen) atoms. The number of ether oxygens (including phenoxy) is 2.